The predicted octanol–water partition coefficient (Wildman–Crippen LogP) is 2.22. The molecule has 0 saturated carbocycles. The highest BCUT2D eigenvalue weighted by molar-refractivity contribution is 5.87. The highest BCUT2D eigenvalue weighted by atomic mass is 16.3. The van der Waals surface area contributed by atoms with E-state index in [1.54, 1.807) is 24.3 Å². The van der Waals surface area contributed by atoms with Gasteiger partial charge in [0.2, 0.25) is 0 Å². The molecular weight excluding hydrogens is 188 g/mol. The maximum atomic E-state index is 9.73. The monoisotopic (exact) mass is 200 g/mol. The van der Waals surface area contributed by atoms with Gasteiger partial charge in [-0.3, -0.25) is 0 Å². The van der Waals surface area contributed by atoms with Crippen LogP contribution in [0.4, 0.5) is 11.4 Å². The molecule has 0 spiro atoms. The Morgan fingerprint density at radius 2 is 1.47 bits per heavy atom. The first-order valence-corrected chi connectivity index (χ1v) is 4.62. The highest BCUT2D eigenvalue weighted by Gasteiger charge is 2.09. The summed E-state index contributed by atoms with van der Waals surface area (Å²) >= 11 is 0. The van der Waals surface area contributed by atoms with Crippen LogP contribution in [0.2, 0.25) is 0 Å². The van der Waals surface area contributed by atoms with Crippen LogP contribution in [0.1, 0.15) is 0 Å². The highest BCUT2D eigenvalue weighted by Crippen LogP contribution is 2.37. The molecule has 3 heteroatoms. The number of hydrogen-bond donors (Lipinski definition) is 3. The standard InChI is InChI=1S/C12H12N2O/c13-9-5-2-1-4-8(9)12-10(14)6-3-7-11(12)15/h1-7,15H,13-14H2. The zero-order valence-electron chi connectivity index (χ0n) is 8.14. The van der Waals surface area contributed by atoms with Gasteiger partial charge in [0.15, 0.2) is 0 Å². The van der Waals surface area contributed by atoms with Gasteiger partial charge < -0.3 is 16.6 Å². The van der Waals surface area contributed by atoms with E-state index in [4.69, 9.17) is 11.5 Å². The molecule has 3 nitrogen and oxygen atoms in total. The summed E-state index contributed by atoms with van der Waals surface area (Å²) in [5.41, 5.74) is 14.1. The summed E-state index contributed by atoms with van der Waals surface area (Å²) in [5.74, 6) is 0.146. The van der Waals surface area contributed by atoms with E-state index in [1.807, 2.05) is 18.2 Å². The number of para-hydroxylation sites is 1. The molecule has 5 N–H and O–H groups in total. The average molecular weight is 200 g/mol. The molecule has 0 fully saturated rings. The van der Waals surface area contributed by atoms with Gasteiger partial charge in [0.05, 0.1) is 0 Å². The third kappa shape index (κ3) is 1.59. The Bertz CT molecular complexity index is 474. The zero-order valence-corrected chi connectivity index (χ0v) is 8.14. The van der Waals surface area contributed by atoms with E-state index in [9.17, 15) is 5.11 Å². The Labute approximate surface area is 88.0 Å². The normalized spacial score (nSPS) is 10.1. The van der Waals surface area contributed by atoms with Gasteiger partial charge in [-0.05, 0) is 18.2 Å². The van der Waals surface area contributed by atoms with Gasteiger partial charge in [0, 0.05) is 22.5 Å². The molecule has 2 aromatic rings. The topological polar surface area (TPSA) is 72.3 Å². The SMILES string of the molecule is Nc1ccccc1-c1c(N)cccc1O. The van der Waals surface area contributed by atoms with E-state index in [0.717, 1.165) is 5.56 Å². The Morgan fingerprint density at radius 1 is 0.800 bits per heavy atom. The van der Waals surface area contributed by atoms with Crippen LogP contribution in [-0.4, -0.2) is 5.11 Å². The summed E-state index contributed by atoms with van der Waals surface area (Å²) in [5, 5.41) is 9.73. The fourth-order valence-electron chi connectivity index (χ4n) is 1.58. The van der Waals surface area contributed by atoms with Crippen molar-refractivity contribution in [2.24, 2.45) is 0 Å². The van der Waals surface area contributed by atoms with Gasteiger partial charge >= 0.3 is 0 Å². The Morgan fingerprint density at radius 3 is 2.13 bits per heavy atom. The van der Waals surface area contributed by atoms with Gasteiger partial charge in [0.1, 0.15) is 5.75 Å². The van der Waals surface area contributed by atoms with E-state index >= 15 is 0 Å². The van der Waals surface area contributed by atoms with E-state index in [-0.39, 0.29) is 5.75 Å². The van der Waals surface area contributed by atoms with E-state index in [1.165, 1.54) is 0 Å². The molecule has 2 rings (SSSR count). The largest absolute Gasteiger partial charge is 0.507 e. The molecule has 0 atom stereocenters. The minimum atomic E-state index is 0.146. The molecule has 0 saturated heterocycles. The fourth-order valence-corrected chi connectivity index (χ4v) is 1.58. The Hall–Kier alpha value is -2.16. The van der Waals surface area contributed by atoms with Crippen LogP contribution in [0, 0.1) is 0 Å². The minimum Gasteiger partial charge on any atom is -0.507 e. The second-order valence-electron chi connectivity index (χ2n) is 3.33. The summed E-state index contributed by atoms with van der Waals surface area (Å²) in [6.07, 6.45) is 0. The first-order chi connectivity index (χ1) is 7.20. The molecule has 0 unspecified atom stereocenters. The number of anilines is 2. The third-order valence-corrected chi connectivity index (χ3v) is 2.30. The van der Waals surface area contributed by atoms with Crippen molar-refractivity contribution in [3.05, 3.63) is 42.5 Å². The maximum absolute atomic E-state index is 9.73. The van der Waals surface area contributed by atoms with Crippen LogP contribution in [0.25, 0.3) is 11.1 Å². The van der Waals surface area contributed by atoms with Crippen molar-refractivity contribution in [1.82, 2.24) is 0 Å². The molecule has 76 valence electrons. The maximum Gasteiger partial charge on any atom is 0.125 e. The predicted molar refractivity (Wildman–Crippen MR) is 62.4 cm³/mol. The minimum absolute atomic E-state index is 0.146. The smallest absolute Gasteiger partial charge is 0.125 e. The fraction of sp³-hybridized carbons (Fsp3) is 0. The van der Waals surface area contributed by atoms with Crippen LogP contribution in [-0.2, 0) is 0 Å². The number of rotatable bonds is 1. The van der Waals surface area contributed by atoms with Gasteiger partial charge in [-0.2, -0.15) is 0 Å². The number of phenolic OH excluding ortho intramolecular Hbond substituents is 1. The number of hydrogen-bond acceptors (Lipinski definition) is 3. The number of aromatic hydroxyl groups is 1. The summed E-state index contributed by atoms with van der Waals surface area (Å²) in [6.45, 7) is 0. The molecule has 0 radical (unpaired) electrons. The molecule has 0 heterocycles. The number of nitrogen functional groups attached to an aromatic ring is 2. The summed E-state index contributed by atoms with van der Waals surface area (Å²) in [7, 11) is 0. The van der Waals surface area contributed by atoms with Crippen molar-refractivity contribution in [3.63, 3.8) is 0 Å². The number of phenols is 1. The average Bonchev–Trinajstić information content (AvgIpc) is 2.20. The van der Waals surface area contributed by atoms with Gasteiger partial charge in [-0.15, -0.1) is 0 Å². The number of benzene rings is 2. The lowest BCUT2D eigenvalue weighted by Gasteiger charge is -2.10. The van der Waals surface area contributed by atoms with Crippen LogP contribution >= 0.6 is 0 Å². The second kappa shape index (κ2) is 3.53. The van der Waals surface area contributed by atoms with E-state index in [0.29, 0.717) is 16.9 Å². The molecule has 0 bridgehead atoms. The van der Waals surface area contributed by atoms with E-state index < -0.39 is 0 Å². The molecule has 0 amide bonds. The van der Waals surface area contributed by atoms with Crippen molar-refractivity contribution in [2.75, 3.05) is 11.5 Å². The molecule has 2 aromatic carbocycles. The molecule has 0 aliphatic rings. The van der Waals surface area contributed by atoms with Crippen molar-refractivity contribution >= 4 is 11.4 Å². The van der Waals surface area contributed by atoms with Crippen LogP contribution in [0.15, 0.2) is 42.5 Å². The van der Waals surface area contributed by atoms with Crippen LogP contribution < -0.4 is 11.5 Å². The van der Waals surface area contributed by atoms with Gasteiger partial charge in [-0.1, -0.05) is 24.3 Å². The van der Waals surface area contributed by atoms with Crippen LogP contribution in [0.3, 0.4) is 0 Å². The third-order valence-electron chi connectivity index (χ3n) is 2.30. The first-order valence-electron chi connectivity index (χ1n) is 4.62. The summed E-state index contributed by atoms with van der Waals surface area (Å²) < 4.78 is 0. The quantitative estimate of drug-likeness (QED) is 0.618. The molecule has 15 heavy (non-hydrogen) atoms. The summed E-state index contributed by atoms with van der Waals surface area (Å²) in [6, 6.07) is 12.3. The van der Waals surface area contributed by atoms with Crippen molar-refractivity contribution in [3.8, 4) is 16.9 Å². The van der Waals surface area contributed by atoms with Crippen molar-refractivity contribution in [1.29, 1.82) is 0 Å². The Balaban J connectivity index is 2.69. The summed E-state index contributed by atoms with van der Waals surface area (Å²) in [4.78, 5) is 0. The molecule has 0 aliphatic heterocycles. The van der Waals surface area contributed by atoms with Crippen molar-refractivity contribution in [2.45, 2.75) is 0 Å². The Kier molecular flexibility index (Phi) is 2.21. The number of nitrogens with two attached hydrogens (primary N) is 2. The van der Waals surface area contributed by atoms with E-state index in [2.05, 4.69) is 0 Å². The first kappa shape index (κ1) is 9.40. The van der Waals surface area contributed by atoms with Gasteiger partial charge in [-0.25, -0.2) is 0 Å². The lowest BCUT2D eigenvalue weighted by molar-refractivity contribution is 0.477. The molecular formula is C12H12N2O. The van der Waals surface area contributed by atoms with Crippen LogP contribution in [0.5, 0.6) is 5.75 Å². The van der Waals surface area contributed by atoms with Gasteiger partial charge in [0.25, 0.3) is 0 Å². The lowest BCUT2D eigenvalue weighted by atomic mass is 10.0. The molecule has 0 aromatic heterocycles. The second-order valence-corrected chi connectivity index (χ2v) is 3.33. The van der Waals surface area contributed by atoms with Crippen molar-refractivity contribution < 1.29 is 5.11 Å². The lowest BCUT2D eigenvalue weighted by Crippen LogP contribution is -1.94. The molecule has 0 aliphatic carbocycles. The zero-order chi connectivity index (χ0) is 10.8.